The fraction of sp³-hybridized carbons (Fsp3) is 0.727. The normalized spacial score (nSPS) is 11.6. The quantitative estimate of drug-likeness (QED) is 0.442. The Morgan fingerprint density at radius 3 is 2.33 bits per heavy atom. The fourth-order valence-electron chi connectivity index (χ4n) is 1.28. The van der Waals surface area contributed by atoms with Crippen molar-refractivity contribution in [2.45, 2.75) is 45.1 Å². The summed E-state index contributed by atoms with van der Waals surface area (Å²) in [6.07, 6.45) is 3.30. The summed E-state index contributed by atoms with van der Waals surface area (Å²) in [5.41, 5.74) is 4.99. The molecular formula is C11H21N3O4. The summed E-state index contributed by atoms with van der Waals surface area (Å²) in [5.74, 6) is -1.37. The number of carboxylic acid groups (broad SMARTS) is 1. The number of carboxylic acids is 1. The Morgan fingerprint density at radius 1 is 1.17 bits per heavy atom. The first-order valence-corrected chi connectivity index (χ1v) is 5.99. The van der Waals surface area contributed by atoms with E-state index in [1.807, 2.05) is 0 Å². The summed E-state index contributed by atoms with van der Waals surface area (Å²) in [5, 5.41) is 13.4. The molecule has 0 aromatic rings. The Kier molecular flexibility index (Phi) is 8.34. The summed E-state index contributed by atoms with van der Waals surface area (Å²) < 4.78 is 0. The predicted octanol–water partition coefficient (Wildman–Crippen LogP) is 0.195. The third kappa shape index (κ3) is 9.44. The highest BCUT2D eigenvalue weighted by molar-refractivity contribution is 5.85. The van der Waals surface area contributed by atoms with Gasteiger partial charge in [0.15, 0.2) is 0 Å². The number of nitrogens with two attached hydrogens (primary N) is 1. The Labute approximate surface area is 106 Å². The number of carbonyl (C=O) groups is 3. The van der Waals surface area contributed by atoms with Crippen molar-refractivity contribution in [2.75, 3.05) is 6.54 Å². The highest BCUT2D eigenvalue weighted by Gasteiger charge is 2.10. The first-order valence-electron chi connectivity index (χ1n) is 5.99. The van der Waals surface area contributed by atoms with E-state index in [0.29, 0.717) is 13.0 Å². The molecule has 0 aliphatic carbocycles. The lowest BCUT2D eigenvalue weighted by Crippen LogP contribution is -2.46. The molecule has 1 atom stereocenters. The van der Waals surface area contributed by atoms with Crippen LogP contribution in [0, 0.1) is 0 Å². The molecule has 104 valence electrons. The zero-order valence-electron chi connectivity index (χ0n) is 10.6. The summed E-state index contributed by atoms with van der Waals surface area (Å²) in [6, 6.07) is -1.12. The molecule has 7 nitrogen and oxygen atoms in total. The number of aliphatic carboxylic acids is 1. The SMILES string of the molecule is CC(NC(=O)NCCCCCCC(=O)O)C(N)=O. The lowest BCUT2D eigenvalue weighted by Gasteiger charge is -2.11. The molecule has 0 radical (unpaired) electrons. The fourth-order valence-corrected chi connectivity index (χ4v) is 1.28. The lowest BCUT2D eigenvalue weighted by atomic mass is 10.1. The van der Waals surface area contributed by atoms with E-state index in [2.05, 4.69) is 10.6 Å². The molecule has 0 spiro atoms. The van der Waals surface area contributed by atoms with E-state index in [9.17, 15) is 14.4 Å². The predicted molar refractivity (Wildman–Crippen MR) is 65.9 cm³/mol. The molecule has 0 saturated carbocycles. The molecule has 5 N–H and O–H groups in total. The summed E-state index contributed by atoms with van der Waals surface area (Å²) in [6.45, 7) is 2.00. The first kappa shape index (κ1) is 16.2. The van der Waals surface area contributed by atoms with Crippen molar-refractivity contribution in [1.82, 2.24) is 10.6 Å². The number of rotatable bonds is 9. The molecule has 0 aliphatic rings. The van der Waals surface area contributed by atoms with E-state index in [1.165, 1.54) is 6.92 Å². The van der Waals surface area contributed by atoms with Crippen LogP contribution in [0.3, 0.4) is 0 Å². The molecule has 0 rings (SSSR count). The van der Waals surface area contributed by atoms with E-state index >= 15 is 0 Å². The number of hydrogen-bond donors (Lipinski definition) is 4. The molecule has 0 aromatic heterocycles. The van der Waals surface area contributed by atoms with Crippen LogP contribution in [0.25, 0.3) is 0 Å². The minimum absolute atomic E-state index is 0.185. The maximum Gasteiger partial charge on any atom is 0.315 e. The van der Waals surface area contributed by atoms with Crippen LogP contribution in [0.1, 0.15) is 39.0 Å². The topological polar surface area (TPSA) is 122 Å². The molecular weight excluding hydrogens is 238 g/mol. The average Bonchev–Trinajstić information content (AvgIpc) is 2.27. The van der Waals surface area contributed by atoms with E-state index in [4.69, 9.17) is 10.8 Å². The second-order valence-electron chi connectivity index (χ2n) is 4.08. The molecule has 0 heterocycles. The van der Waals surface area contributed by atoms with Gasteiger partial charge in [0, 0.05) is 13.0 Å². The van der Waals surface area contributed by atoms with Crippen LogP contribution >= 0.6 is 0 Å². The number of amides is 3. The van der Waals surface area contributed by atoms with Gasteiger partial charge < -0.3 is 21.5 Å². The van der Waals surface area contributed by atoms with Gasteiger partial charge >= 0.3 is 12.0 Å². The summed E-state index contributed by atoms with van der Waals surface area (Å²) in [4.78, 5) is 32.1. The highest BCUT2D eigenvalue weighted by atomic mass is 16.4. The largest absolute Gasteiger partial charge is 0.481 e. The monoisotopic (exact) mass is 259 g/mol. The van der Waals surface area contributed by atoms with Gasteiger partial charge in [0.2, 0.25) is 5.91 Å². The van der Waals surface area contributed by atoms with Crippen molar-refractivity contribution in [3.63, 3.8) is 0 Å². The second-order valence-corrected chi connectivity index (χ2v) is 4.08. The molecule has 7 heteroatoms. The van der Waals surface area contributed by atoms with Gasteiger partial charge in [-0.2, -0.15) is 0 Å². The van der Waals surface area contributed by atoms with Gasteiger partial charge in [0.25, 0.3) is 0 Å². The van der Waals surface area contributed by atoms with Gasteiger partial charge in [-0.1, -0.05) is 12.8 Å². The van der Waals surface area contributed by atoms with Crippen LogP contribution in [0.2, 0.25) is 0 Å². The molecule has 0 aliphatic heterocycles. The van der Waals surface area contributed by atoms with Crippen LogP contribution in [-0.2, 0) is 9.59 Å². The van der Waals surface area contributed by atoms with Gasteiger partial charge in [-0.3, -0.25) is 9.59 Å². The van der Waals surface area contributed by atoms with Gasteiger partial charge in [-0.05, 0) is 19.8 Å². The number of carbonyl (C=O) groups excluding carboxylic acids is 2. The van der Waals surface area contributed by atoms with E-state index in [0.717, 1.165) is 19.3 Å². The maximum atomic E-state index is 11.2. The van der Waals surface area contributed by atoms with Crippen LogP contribution in [0.5, 0.6) is 0 Å². The number of unbranched alkanes of at least 4 members (excludes halogenated alkanes) is 3. The maximum absolute atomic E-state index is 11.2. The van der Waals surface area contributed by atoms with Crippen LogP contribution in [-0.4, -0.2) is 35.6 Å². The van der Waals surface area contributed by atoms with Crippen molar-refractivity contribution < 1.29 is 19.5 Å². The first-order chi connectivity index (χ1) is 8.43. The number of nitrogens with one attached hydrogen (secondary N) is 2. The molecule has 0 saturated heterocycles. The number of hydrogen-bond acceptors (Lipinski definition) is 3. The Balaban J connectivity index is 3.41. The standard InChI is InChI=1S/C11H21N3O4/c1-8(10(12)17)14-11(18)13-7-5-3-2-4-6-9(15)16/h8H,2-7H2,1H3,(H2,12,17)(H,15,16)(H2,13,14,18). The number of primary amides is 1. The summed E-state index contributed by atoms with van der Waals surface area (Å²) >= 11 is 0. The lowest BCUT2D eigenvalue weighted by molar-refractivity contribution is -0.137. The Hall–Kier alpha value is -1.79. The molecule has 0 aromatic carbocycles. The average molecular weight is 259 g/mol. The minimum Gasteiger partial charge on any atom is -0.481 e. The van der Waals surface area contributed by atoms with Crippen molar-refractivity contribution in [3.05, 3.63) is 0 Å². The van der Waals surface area contributed by atoms with Crippen molar-refractivity contribution in [3.8, 4) is 0 Å². The molecule has 1 unspecified atom stereocenters. The van der Waals surface area contributed by atoms with Gasteiger partial charge in [0.1, 0.15) is 6.04 Å². The zero-order chi connectivity index (χ0) is 14.0. The molecule has 0 fully saturated rings. The van der Waals surface area contributed by atoms with Gasteiger partial charge in [0.05, 0.1) is 0 Å². The van der Waals surface area contributed by atoms with Crippen LogP contribution in [0.4, 0.5) is 4.79 Å². The van der Waals surface area contributed by atoms with Gasteiger partial charge in [-0.15, -0.1) is 0 Å². The second kappa shape index (κ2) is 9.26. The Morgan fingerprint density at radius 2 is 1.78 bits per heavy atom. The molecule has 18 heavy (non-hydrogen) atoms. The van der Waals surface area contributed by atoms with E-state index in [1.54, 1.807) is 0 Å². The third-order valence-corrected chi connectivity index (χ3v) is 2.38. The highest BCUT2D eigenvalue weighted by Crippen LogP contribution is 2.01. The minimum atomic E-state index is -0.784. The molecule has 0 bridgehead atoms. The third-order valence-electron chi connectivity index (χ3n) is 2.38. The number of urea groups is 1. The Bertz CT molecular complexity index is 294. The van der Waals surface area contributed by atoms with Crippen molar-refractivity contribution >= 4 is 17.9 Å². The van der Waals surface area contributed by atoms with Crippen molar-refractivity contribution in [2.24, 2.45) is 5.73 Å². The van der Waals surface area contributed by atoms with E-state index in [-0.39, 0.29) is 6.42 Å². The van der Waals surface area contributed by atoms with E-state index < -0.39 is 23.9 Å². The van der Waals surface area contributed by atoms with Crippen LogP contribution in [0.15, 0.2) is 0 Å². The zero-order valence-corrected chi connectivity index (χ0v) is 10.6. The molecule has 3 amide bonds. The van der Waals surface area contributed by atoms with Gasteiger partial charge in [-0.25, -0.2) is 4.79 Å². The smallest absolute Gasteiger partial charge is 0.315 e. The van der Waals surface area contributed by atoms with Crippen LogP contribution < -0.4 is 16.4 Å². The van der Waals surface area contributed by atoms with Crippen molar-refractivity contribution in [1.29, 1.82) is 0 Å². The summed E-state index contributed by atoms with van der Waals surface area (Å²) in [7, 11) is 0.